The van der Waals surface area contributed by atoms with E-state index in [0.29, 0.717) is 13.0 Å². The average molecular weight is 319 g/mol. The molecule has 0 saturated heterocycles. The summed E-state index contributed by atoms with van der Waals surface area (Å²) in [5.74, 6) is 6.15. The monoisotopic (exact) mass is 319 g/mol. The van der Waals surface area contributed by atoms with Crippen molar-refractivity contribution in [3.8, 4) is 11.8 Å². The minimum atomic E-state index is -0.433. The maximum absolute atomic E-state index is 11.6. The van der Waals surface area contributed by atoms with Crippen molar-refractivity contribution in [2.24, 2.45) is 0 Å². The van der Waals surface area contributed by atoms with Gasteiger partial charge in [0.2, 0.25) is 0 Å². The maximum Gasteiger partial charge on any atom is 0.407 e. The van der Waals surface area contributed by atoms with Crippen molar-refractivity contribution in [3.05, 3.63) is 65.9 Å². The topological polar surface area (TPSA) is 67.0 Å². The molecule has 0 aliphatic rings. The molecule has 24 heavy (non-hydrogen) atoms. The number of hydrogen-bond acceptors (Lipinski definition) is 3. The molecule has 1 heterocycles. The molecule has 120 valence electrons. The molecule has 0 spiro atoms. The minimum absolute atomic E-state index is 0.265. The van der Waals surface area contributed by atoms with E-state index in [9.17, 15) is 4.79 Å². The molecule has 0 unspecified atom stereocenters. The predicted molar refractivity (Wildman–Crippen MR) is 92.2 cm³/mol. The Labute approximate surface area is 140 Å². The first kappa shape index (κ1) is 15.6. The zero-order valence-corrected chi connectivity index (χ0v) is 13.1. The van der Waals surface area contributed by atoms with Crippen LogP contribution >= 0.6 is 0 Å². The average Bonchev–Trinajstić information content (AvgIpc) is 3.10. The molecule has 3 rings (SSSR count). The van der Waals surface area contributed by atoms with Crippen LogP contribution in [-0.4, -0.2) is 22.8 Å². The van der Waals surface area contributed by atoms with Gasteiger partial charge in [-0.05, 0) is 17.7 Å². The van der Waals surface area contributed by atoms with Gasteiger partial charge in [-0.15, -0.1) is 0 Å². The molecule has 0 saturated carbocycles. The number of carbonyl (C=O) groups is 1. The van der Waals surface area contributed by atoms with Gasteiger partial charge in [-0.3, -0.25) is 5.10 Å². The molecular weight excluding hydrogens is 302 g/mol. The second-order valence-corrected chi connectivity index (χ2v) is 5.18. The second kappa shape index (κ2) is 7.84. The molecule has 5 heteroatoms. The van der Waals surface area contributed by atoms with Crippen LogP contribution < -0.4 is 5.32 Å². The molecule has 1 amide bonds. The summed E-state index contributed by atoms with van der Waals surface area (Å²) in [6.07, 6.45) is 1.88. The van der Waals surface area contributed by atoms with Crippen LogP contribution in [0.1, 0.15) is 17.5 Å². The van der Waals surface area contributed by atoms with Gasteiger partial charge in [-0.25, -0.2) is 4.79 Å². The van der Waals surface area contributed by atoms with E-state index in [4.69, 9.17) is 4.74 Å². The zero-order chi connectivity index (χ0) is 16.6. The Hall–Kier alpha value is -3.26. The van der Waals surface area contributed by atoms with Crippen LogP contribution in [0.5, 0.6) is 0 Å². The highest BCUT2D eigenvalue weighted by molar-refractivity contribution is 5.84. The van der Waals surface area contributed by atoms with Crippen molar-refractivity contribution >= 4 is 17.0 Å². The Bertz CT molecular complexity index is 876. The highest BCUT2D eigenvalue weighted by Gasteiger charge is 2.01. The lowest BCUT2D eigenvalue weighted by Gasteiger charge is -2.05. The van der Waals surface area contributed by atoms with Gasteiger partial charge in [0.1, 0.15) is 6.61 Å². The van der Waals surface area contributed by atoms with E-state index >= 15 is 0 Å². The number of ether oxygens (including phenoxy) is 1. The normalized spacial score (nSPS) is 10.0. The van der Waals surface area contributed by atoms with Crippen molar-refractivity contribution in [3.63, 3.8) is 0 Å². The van der Waals surface area contributed by atoms with Gasteiger partial charge in [0, 0.05) is 23.9 Å². The standard InChI is InChI=1S/C19H17N3O2/c23-19(24-14-15-7-2-1-3-8-15)20-12-5-4-9-16-10-6-11-18-17(16)13-21-22-18/h1-3,6-8,10-11,13H,5,12,14H2,(H,20,23)(H,21,22). The van der Waals surface area contributed by atoms with E-state index in [2.05, 4.69) is 27.4 Å². The lowest BCUT2D eigenvalue weighted by atomic mass is 10.1. The summed E-state index contributed by atoms with van der Waals surface area (Å²) in [5.41, 5.74) is 2.85. The number of hydrogen-bond donors (Lipinski definition) is 2. The van der Waals surface area contributed by atoms with Gasteiger partial charge in [0.15, 0.2) is 0 Å². The first-order valence-corrected chi connectivity index (χ1v) is 7.68. The van der Waals surface area contributed by atoms with Gasteiger partial charge in [0.25, 0.3) is 0 Å². The fraction of sp³-hybridized carbons (Fsp3) is 0.158. The number of alkyl carbamates (subject to hydrolysis) is 1. The number of aromatic amines is 1. The van der Waals surface area contributed by atoms with Crippen molar-refractivity contribution in [1.82, 2.24) is 15.5 Å². The van der Waals surface area contributed by atoms with E-state index in [0.717, 1.165) is 22.0 Å². The van der Waals surface area contributed by atoms with Gasteiger partial charge in [-0.2, -0.15) is 5.10 Å². The molecule has 2 aromatic carbocycles. The van der Waals surface area contributed by atoms with Crippen LogP contribution in [0.4, 0.5) is 4.79 Å². The number of nitrogens with zero attached hydrogens (tertiary/aromatic N) is 1. The van der Waals surface area contributed by atoms with Crippen molar-refractivity contribution in [2.75, 3.05) is 6.54 Å². The quantitative estimate of drug-likeness (QED) is 0.573. The molecule has 3 aromatic rings. The molecule has 0 atom stereocenters. The van der Waals surface area contributed by atoms with Crippen LogP contribution in [0, 0.1) is 11.8 Å². The number of amides is 1. The summed E-state index contributed by atoms with van der Waals surface area (Å²) < 4.78 is 5.13. The highest BCUT2D eigenvalue weighted by atomic mass is 16.5. The van der Waals surface area contributed by atoms with E-state index in [1.54, 1.807) is 6.20 Å². The largest absolute Gasteiger partial charge is 0.445 e. The van der Waals surface area contributed by atoms with Gasteiger partial charge >= 0.3 is 6.09 Å². The summed E-state index contributed by atoms with van der Waals surface area (Å²) >= 11 is 0. The van der Waals surface area contributed by atoms with Crippen LogP contribution in [-0.2, 0) is 11.3 Å². The lowest BCUT2D eigenvalue weighted by Crippen LogP contribution is -2.24. The summed E-state index contributed by atoms with van der Waals surface area (Å²) in [7, 11) is 0. The number of carbonyl (C=O) groups excluding carboxylic acids is 1. The molecular formula is C19H17N3O2. The Kier molecular flexibility index (Phi) is 5.10. The Morgan fingerprint density at radius 3 is 2.92 bits per heavy atom. The Morgan fingerprint density at radius 2 is 2.04 bits per heavy atom. The van der Waals surface area contributed by atoms with E-state index in [-0.39, 0.29) is 6.61 Å². The third-order valence-corrected chi connectivity index (χ3v) is 3.44. The third kappa shape index (κ3) is 4.14. The maximum atomic E-state index is 11.6. The second-order valence-electron chi connectivity index (χ2n) is 5.18. The van der Waals surface area contributed by atoms with E-state index in [1.165, 1.54) is 0 Å². The number of fused-ring (bicyclic) bond motifs is 1. The fourth-order valence-corrected chi connectivity index (χ4v) is 2.24. The van der Waals surface area contributed by atoms with Crippen LogP contribution in [0.3, 0.4) is 0 Å². The summed E-state index contributed by atoms with van der Waals surface area (Å²) in [6, 6.07) is 15.4. The molecule has 2 N–H and O–H groups in total. The molecule has 0 aliphatic carbocycles. The van der Waals surface area contributed by atoms with E-state index in [1.807, 2.05) is 48.5 Å². The predicted octanol–water partition coefficient (Wildman–Crippen LogP) is 3.23. The van der Waals surface area contributed by atoms with Gasteiger partial charge in [-0.1, -0.05) is 48.2 Å². The van der Waals surface area contributed by atoms with Crippen LogP contribution in [0.2, 0.25) is 0 Å². The smallest absolute Gasteiger partial charge is 0.407 e. The molecule has 0 fully saturated rings. The summed E-state index contributed by atoms with van der Waals surface area (Å²) in [4.78, 5) is 11.6. The lowest BCUT2D eigenvalue weighted by molar-refractivity contribution is 0.140. The number of benzene rings is 2. The fourth-order valence-electron chi connectivity index (χ4n) is 2.24. The Balaban J connectivity index is 1.43. The molecule has 5 nitrogen and oxygen atoms in total. The van der Waals surface area contributed by atoms with Crippen molar-refractivity contribution in [2.45, 2.75) is 13.0 Å². The third-order valence-electron chi connectivity index (χ3n) is 3.44. The van der Waals surface area contributed by atoms with Gasteiger partial charge in [0.05, 0.1) is 11.7 Å². The van der Waals surface area contributed by atoms with Crippen LogP contribution in [0.25, 0.3) is 10.9 Å². The number of nitrogens with one attached hydrogen (secondary N) is 2. The number of aromatic nitrogens is 2. The molecule has 0 bridgehead atoms. The van der Waals surface area contributed by atoms with Crippen LogP contribution in [0.15, 0.2) is 54.7 Å². The van der Waals surface area contributed by atoms with Crippen molar-refractivity contribution < 1.29 is 9.53 Å². The molecule has 0 radical (unpaired) electrons. The summed E-state index contributed by atoms with van der Waals surface area (Å²) in [6.45, 7) is 0.711. The molecule has 0 aliphatic heterocycles. The highest BCUT2D eigenvalue weighted by Crippen LogP contribution is 2.14. The summed E-state index contributed by atoms with van der Waals surface area (Å²) in [5, 5.41) is 10.6. The number of H-pyrrole nitrogens is 1. The van der Waals surface area contributed by atoms with Gasteiger partial charge < -0.3 is 10.1 Å². The molecule has 1 aromatic heterocycles. The van der Waals surface area contributed by atoms with Crippen molar-refractivity contribution in [1.29, 1.82) is 0 Å². The zero-order valence-electron chi connectivity index (χ0n) is 13.1. The first-order chi connectivity index (χ1) is 11.8. The Morgan fingerprint density at radius 1 is 1.17 bits per heavy atom. The minimum Gasteiger partial charge on any atom is -0.445 e. The van der Waals surface area contributed by atoms with E-state index < -0.39 is 6.09 Å². The number of rotatable bonds is 4. The first-order valence-electron chi connectivity index (χ1n) is 7.68. The SMILES string of the molecule is O=C(NCCC#Cc1cccc2[nH]ncc12)OCc1ccccc1.